The lowest BCUT2D eigenvalue weighted by molar-refractivity contribution is -0.338. The lowest BCUT2D eigenvalue weighted by atomic mass is 9.75. The highest BCUT2D eigenvalue weighted by molar-refractivity contribution is 5.92. The molecule has 58 heavy (non-hydrogen) atoms. The van der Waals surface area contributed by atoms with Crippen molar-refractivity contribution in [3.63, 3.8) is 0 Å². The number of rotatable bonds is 16. The lowest BCUT2D eigenvalue weighted by Gasteiger charge is -2.49. The van der Waals surface area contributed by atoms with E-state index >= 15 is 0 Å². The Bertz CT molecular complexity index is 1420. The van der Waals surface area contributed by atoms with Crippen LogP contribution >= 0.6 is 0 Å². The maximum atomic E-state index is 13.9. The number of terminal acetylenes is 1. The molecule has 2 aliphatic carbocycles. The second-order valence-electron chi connectivity index (χ2n) is 16.4. The van der Waals surface area contributed by atoms with Gasteiger partial charge in [-0.3, -0.25) is 19.2 Å². The predicted octanol–water partition coefficient (Wildman–Crippen LogP) is -1.57. The molecule has 5 rings (SSSR count). The molecular weight excluding hydrogens is 760 g/mol. The van der Waals surface area contributed by atoms with E-state index in [1.807, 2.05) is 12.8 Å². The molecule has 0 radical (unpaired) electrons. The zero-order valence-electron chi connectivity index (χ0n) is 33.8. The Labute approximate surface area is 340 Å². The van der Waals surface area contributed by atoms with E-state index in [9.17, 15) is 44.7 Å². The molecule has 8 N–H and O–H groups in total. The monoisotopic (exact) mass is 824 g/mol. The number of amides is 4. The molecule has 5 fully saturated rings. The third kappa shape index (κ3) is 11.4. The van der Waals surface area contributed by atoms with Gasteiger partial charge < -0.3 is 70.1 Å². The number of aliphatic hydroxyl groups is 5. The summed E-state index contributed by atoms with van der Waals surface area (Å²) >= 11 is 0. The van der Waals surface area contributed by atoms with Crippen molar-refractivity contribution in [1.82, 2.24) is 20.9 Å². The van der Waals surface area contributed by atoms with Crippen molar-refractivity contribution < 1.29 is 68.4 Å². The number of ether oxygens (including phenoxy) is 5. The minimum atomic E-state index is -1.64. The molecule has 18 nitrogen and oxygen atoms in total. The highest BCUT2D eigenvalue weighted by Crippen LogP contribution is 2.40. The first-order chi connectivity index (χ1) is 27.8. The fourth-order valence-electron chi connectivity index (χ4n) is 8.87. The van der Waals surface area contributed by atoms with Gasteiger partial charge in [0.2, 0.25) is 11.8 Å². The Kier molecular flexibility index (Phi) is 17.1. The Hall–Kier alpha value is -2.96. The van der Waals surface area contributed by atoms with E-state index < -0.39 is 110 Å². The van der Waals surface area contributed by atoms with E-state index in [0.717, 1.165) is 38.5 Å². The molecule has 3 saturated heterocycles. The summed E-state index contributed by atoms with van der Waals surface area (Å²) in [6.07, 6.45) is -2.97. The van der Waals surface area contributed by atoms with Gasteiger partial charge in [-0.1, -0.05) is 45.4 Å². The quantitative estimate of drug-likeness (QED) is 0.0647. The highest BCUT2D eigenvalue weighted by Gasteiger charge is 2.53. The van der Waals surface area contributed by atoms with Crippen molar-refractivity contribution >= 4 is 23.6 Å². The first kappa shape index (κ1) is 46.1. The van der Waals surface area contributed by atoms with Gasteiger partial charge in [0.15, 0.2) is 12.6 Å². The normalized spacial score (nSPS) is 37.5. The molecular formula is C40H64N4O14. The van der Waals surface area contributed by atoms with Crippen LogP contribution in [0.2, 0.25) is 0 Å². The summed E-state index contributed by atoms with van der Waals surface area (Å²) in [4.78, 5) is 53.6. The summed E-state index contributed by atoms with van der Waals surface area (Å²) in [5, 5.41) is 62.1. The largest absolute Gasteiger partial charge is 0.394 e. The second kappa shape index (κ2) is 21.5. The number of nitrogens with one attached hydrogen (secondary N) is 3. The van der Waals surface area contributed by atoms with Crippen molar-refractivity contribution in [2.75, 3.05) is 32.8 Å². The standard InChI is InChI=1S/C40H64N4O14/c1-5-24-18-25(37(52)42-14-13-41-29(47)6-2)19-26(35(24)58-40-34(51)33(50)31(48)21(3)54-40)56-39-30(43-22(4)46)36(32(49)28(20-45)57-39)55-27(38(53)44-15-10-16-44)17-23-11-8-7-9-12-23/h2,21,23-28,30-36,39-40,45,48-51H,5,7-20H2,1,3-4H3,(H,41,47)(H,42,52)(H,43,46)/t21?,24?,25?,26-,27+,28?,30?,31-,32+,33?,34?,35?,36?,39-,40+/m1/s1. The first-order valence-electron chi connectivity index (χ1n) is 20.9. The number of nitrogens with zero attached hydrogens (tertiary/aromatic N) is 1. The van der Waals surface area contributed by atoms with Gasteiger partial charge in [0, 0.05) is 39.0 Å². The molecule has 0 aromatic rings. The molecule has 0 spiro atoms. The second-order valence-corrected chi connectivity index (χ2v) is 16.4. The van der Waals surface area contributed by atoms with Gasteiger partial charge in [-0.05, 0) is 50.4 Å². The van der Waals surface area contributed by atoms with Crippen LogP contribution in [0.1, 0.15) is 85.0 Å². The summed E-state index contributed by atoms with van der Waals surface area (Å²) in [6.45, 7) is 5.38. The summed E-state index contributed by atoms with van der Waals surface area (Å²) in [5.41, 5.74) is 0. The average molecular weight is 825 g/mol. The van der Waals surface area contributed by atoms with Crippen LogP contribution < -0.4 is 16.0 Å². The van der Waals surface area contributed by atoms with E-state index in [1.54, 1.807) is 4.90 Å². The van der Waals surface area contributed by atoms with Crippen LogP contribution in [0.25, 0.3) is 0 Å². The van der Waals surface area contributed by atoms with Gasteiger partial charge in [-0.15, -0.1) is 6.42 Å². The molecule has 0 aromatic carbocycles. The summed E-state index contributed by atoms with van der Waals surface area (Å²) in [7, 11) is 0. The van der Waals surface area contributed by atoms with Crippen molar-refractivity contribution in [1.29, 1.82) is 0 Å². The first-order valence-corrected chi connectivity index (χ1v) is 20.9. The number of carbonyl (C=O) groups is 4. The molecule has 3 heterocycles. The van der Waals surface area contributed by atoms with Crippen molar-refractivity contribution in [2.45, 2.75) is 165 Å². The maximum absolute atomic E-state index is 13.9. The third-order valence-corrected chi connectivity index (χ3v) is 12.3. The molecule has 0 bridgehead atoms. The predicted molar refractivity (Wildman–Crippen MR) is 204 cm³/mol. The third-order valence-electron chi connectivity index (χ3n) is 12.3. The van der Waals surface area contributed by atoms with E-state index in [1.165, 1.54) is 13.8 Å². The Morgan fingerprint density at radius 2 is 1.59 bits per heavy atom. The van der Waals surface area contributed by atoms with Gasteiger partial charge in [0.1, 0.15) is 48.8 Å². The Morgan fingerprint density at radius 3 is 2.21 bits per heavy atom. The molecule has 0 aromatic heterocycles. The van der Waals surface area contributed by atoms with Gasteiger partial charge in [0.05, 0.1) is 24.9 Å². The number of carbonyl (C=O) groups excluding carboxylic acids is 4. The van der Waals surface area contributed by atoms with Crippen LogP contribution in [0.15, 0.2) is 0 Å². The summed E-state index contributed by atoms with van der Waals surface area (Å²) < 4.78 is 31.7. The zero-order valence-corrected chi connectivity index (χ0v) is 33.8. The molecule has 9 unspecified atom stereocenters. The smallest absolute Gasteiger partial charge is 0.295 e. The van der Waals surface area contributed by atoms with E-state index in [2.05, 4.69) is 16.0 Å². The minimum Gasteiger partial charge on any atom is -0.394 e. The van der Waals surface area contributed by atoms with Gasteiger partial charge in [-0.25, -0.2) is 0 Å². The van der Waals surface area contributed by atoms with Crippen molar-refractivity contribution in [3.8, 4) is 12.3 Å². The Morgan fingerprint density at radius 1 is 0.879 bits per heavy atom. The summed E-state index contributed by atoms with van der Waals surface area (Å²) in [5.74, 6) is -0.580. The molecule has 4 amide bonds. The summed E-state index contributed by atoms with van der Waals surface area (Å²) in [6, 6.07) is -1.21. The number of hydrogen-bond acceptors (Lipinski definition) is 14. The molecule has 18 heteroatoms. The number of hydrogen-bond donors (Lipinski definition) is 8. The molecule has 328 valence electrons. The van der Waals surface area contributed by atoms with Crippen molar-refractivity contribution in [2.24, 2.45) is 17.8 Å². The van der Waals surface area contributed by atoms with Gasteiger partial charge >= 0.3 is 0 Å². The Balaban J connectivity index is 1.44. The van der Waals surface area contributed by atoms with Gasteiger partial charge in [-0.2, -0.15) is 0 Å². The van der Waals surface area contributed by atoms with Crippen LogP contribution in [-0.2, 0) is 42.9 Å². The lowest BCUT2D eigenvalue weighted by Crippen LogP contribution is -2.67. The van der Waals surface area contributed by atoms with Crippen molar-refractivity contribution in [3.05, 3.63) is 0 Å². The van der Waals surface area contributed by atoms with Crippen LogP contribution in [0.4, 0.5) is 0 Å². The number of likely N-dealkylation sites (tertiary alicyclic amines) is 1. The minimum absolute atomic E-state index is 0.0233. The molecule has 3 aliphatic heterocycles. The highest BCUT2D eigenvalue weighted by atomic mass is 16.7. The van der Waals surface area contributed by atoms with E-state index in [-0.39, 0.29) is 37.2 Å². The molecule has 5 aliphatic rings. The maximum Gasteiger partial charge on any atom is 0.295 e. The van der Waals surface area contributed by atoms with E-state index in [4.69, 9.17) is 30.1 Å². The average Bonchev–Trinajstić information content (AvgIpc) is 3.19. The van der Waals surface area contributed by atoms with Gasteiger partial charge in [0.25, 0.3) is 11.8 Å². The van der Waals surface area contributed by atoms with Crippen LogP contribution in [0.5, 0.6) is 0 Å². The fourth-order valence-corrected chi connectivity index (χ4v) is 8.87. The van der Waals surface area contributed by atoms with Crippen LogP contribution in [0.3, 0.4) is 0 Å². The van der Waals surface area contributed by atoms with Crippen LogP contribution in [-0.4, -0.2) is 167 Å². The van der Waals surface area contributed by atoms with Crippen LogP contribution in [0, 0.1) is 30.1 Å². The van der Waals surface area contributed by atoms with E-state index in [0.29, 0.717) is 32.4 Å². The fraction of sp³-hybridized carbons (Fsp3) is 0.850. The topological polar surface area (TPSA) is 255 Å². The molecule has 2 saturated carbocycles. The zero-order chi connectivity index (χ0) is 42.1. The molecule has 15 atom stereocenters. The SMILES string of the molecule is C#CC(=O)NCCNC(=O)C1CC(CC)C(O[C@@H]2OC(C)[C@@H](O)C(O)C2O)[C@H](O[C@@H]2OC(CO)[C@H](O)C(O[C@@H](CC3CCCCC3)C(=O)N3CCC3)C2NC(C)=O)C1. The number of aliphatic hydroxyl groups excluding tert-OH is 5.